The summed E-state index contributed by atoms with van der Waals surface area (Å²) in [7, 11) is 3.21. The maximum atomic E-state index is 12.4. The number of fused-ring (bicyclic) bond motifs is 1. The molecule has 4 rings (SSSR count). The van der Waals surface area contributed by atoms with E-state index in [4.69, 9.17) is 10.5 Å². The maximum absolute atomic E-state index is 12.4. The second-order valence-corrected chi connectivity index (χ2v) is 6.58. The molecule has 0 saturated carbocycles. The van der Waals surface area contributed by atoms with Crippen LogP contribution < -0.4 is 10.5 Å². The summed E-state index contributed by atoms with van der Waals surface area (Å²) >= 11 is 0. The zero-order chi connectivity index (χ0) is 19.2. The van der Waals surface area contributed by atoms with Crippen molar-refractivity contribution in [3.8, 4) is 17.1 Å². The Bertz CT molecular complexity index is 1050. The largest absolute Gasteiger partial charge is 0.496 e. The van der Waals surface area contributed by atoms with Crippen molar-refractivity contribution in [3.63, 3.8) is 0 Å². The lowest BCUT2D eigenvalue weighted by Gasteiger charge is -2.22. The topological polar surface area (TPSA) is 114 Å². The highest BCUT2D eigenvalue weighted by Crippen LogP contribution is 2.37. The number of anilines is 1. The van der Waals surface area contributed by atoms with Crippen molar-refractivity contribution in [2.45, 2.75) is 12.0 Å². The number of likely N-dealkylation sites (tertiary alicyclic amines) is 1. The van der Waals surface area contributed by atoms with Gasteiger partial charge in [-0.2, -0.15) is 0 Å². The smallest absolute Gasteiger partial charge is 0.258 e. The molecule has 1 aromatic carbocycles. The molecule has 0 aliphatic carbocycles. The van der Waals surface area contributed by atoms with Crippen molar-refractivity contribution < 1.29 is 14.6 Å². The van der Waals surface area contributed by atoms with Gasteiger partial charge in [0.1, 0.15) is 17.1 Å². The third-order valence-corrected chi connectivity index (χ3v) is 4.95. The first-order valence-electron chi connectivity index (χ1n) is 8.48. The van der Waals surface area contributed by atoms with E-state index in [1.54, 1.807) is 50.8 Å². The number of pyridine rings is 1. The molecule has 1 atom stereocenters. The van der Waals surface area contributed by atoms with E-state index in [-0.39, 0.29) is 5.91 Å². The van der Waals surface area contributed by atoms with Gasteiger partial charge in [0.2, 0.25) is 0 Å². The Morgan fingerprint density at radius 2 is 2.11 bits per heavy atom. The summed E-state index contributed by atoms with van der Waals surface area (Å²) in [5, 5.41) is 11.7. The van der Waals surface area contributed by atoms with Crippen LogP contribution in [0.25, 0.3) is 22.3 Å². The van der Waals surface area contributed by atoms with Crippen LogP contribution in [-0.2, 0) is 10.4 Å². The van der Waals surface area contributed by atoms with Gasteiger partial charge in [-0.15, -0.1) is 0 Å². The van der Waals surface area contributed by atoms with Gasteiger partial charge in [0, 0.05) is 37.8 Å². The number of likely N-dealkylation sites (N-methyl/N-ethyl adjacent to an activating group) is 1. The average molecular weight is 365 g/mol. The molecule has 3 heterocycles. The van der Waals surface area contributed by atoms with E-state index in [1.165, 1.54) is 4.90 Å². The number of hydrogen-bond acceptors (Lipinski definition) is 7. The van der Waals surface area contributed by atoms with Gasteiger partial charge in [-0.05, 0) is 23.8 Å². The fraction of sp³-hybridized carbons (Fsp3) is 0.263. The Morgan fingerprint density at radius 3 is 2.81 bits per heavy atom. The number of nitrogens with zero attached hydrogens (tertiary/aromatic N) is 4. The van der Waals surface area contributed by atoms with Crippen molar-refractivity contribution in [2.75, 3.05) is 26.4 Å². The average Bonchev–Trinajstić information content (AvgIpc) is 2.96. The third-order valence-electron chi connectivity index (χ3n) is 4.95. The molecule has 1 aliphatic heterocycles. The predicted molar refractivity (Wildman–Crippen MR) is 99.9 cm³/mol. The van der Waals surface area contributed by atoms with Crippen LogP contribution in [0.5, 0.6) is 5.75 Å². The van der Waals surface area contributed by atoms with Crippen LogP contribution in [0.2, 0.25) is 0 Å². The van der Waals surface area contributed by atoms with E-state index in [2.05, 4.69) is 15.0 Å². The molecule has 138 valence electrons. The predicted octanol–water partition coefficient (Wildman–Crippen LogP) is 1.33. The molecule has 2 aromatic heterocycles. The fourth-order valence-electron chi connectivity index (χ4n) is 3.37. The monoisotopic (exact) mass is 365 g/mol. The summed E-state index contributed by atoms with van der Waals surface area (Å²) in [6.07, 6.45) is 3.58. The summed E-state index contributed by atoms with van der Waals surface area (Å²) < 4.78 is 5.44. The standard InChI is InChI=1S/C19H19N5O3/c1-24-8-6-19(26,18(24)25)12-3-4-14(27-2)13(9-12)17-22-10-11-5-7-21-16(20)15(11)23-17/h3-5,7,9-10,26H,6,8H2,1-2H3,(H2,20,21)/t19-/m0/s1. The molecule has 27 heavy (non-hydrogen) atoms. The molecule has 8 nitrogen and oxygen atoms in total. The molecule has 8 heteroatoms. The zero-order valence-electron chi connectivity index (χ0n) is 15.0. The molecular weight excluding hydrogens is 346 g/mol. The third kappa shape index (κ3) is 2.65. The molecule has 3 N–H and O–H groups in total. The van der Waals surface area contributed by atoms with Crippen LogP contribution in [0.4, 0.5) is 5.82 Å². The lowest BCUT2D eigenvalue weighted by Crippen LogP contribution is -2.36. The number of aromatic nitrogens is 3. The molecule has 0 bridgehead atoms. The van der Waals surface area contributed by atoms with Crippen molar-refractivity contribution in [1.82, 2.24) is 19.9 Å². The van der Waals surface area contributed by atoms with Crippen LogP contribution in [0.1, 0.15) is 12.0 Å². The Morgan fingerprint density at radius 1 is 1.30 bits per heavy atom. The van der Waals surface area contributed by atoms with Crippen molar-refractivity contribution in [2.24, 2.45) is 0 Å². The summed E-state index contributed by atoms with van der Waals surface area (Å²) in [4.78, 5) is 26.9. The second-order valence-electron chi connectivity index (χ2n) is 6.58. The van der Waals surface area contributed by atoms with Gasteiger partial charge in [0.25, 0.3) is 5.91 Å². The fourth-order valence-corrected chi connectivity index (χ4v) is 3.37. The van der Waals surface area contributed by atoms with Crippen LogP contribution in [-0.4, -0.2) is 51.6 Å². The van der Waals surface area contributed by atoms with Gasteiger partial charge in [0.05, 0.1) is 12.7 Å². The van der Waals surface area contributed by atoms with Gasteiger partial charge in [0.15, 0.2) is 11.4 Å². The summed E-state index contributed by atoms with van der Waals surface area (Å²) in [6.45, 7) is 0.491. The minimum atomic E-state index is -1.56. The maximum Gasteiger partial charge on any atom is 0.258 e. The van der Waals surface area contributed by atoms with Crippen molar-refractivity contribution >= 4 is 22.6 Å². The zero-order valence-corrected chi connectivity index (χ0v) is 15.0. The van der Waals surface area contributed by atoms with Crippen molar-refractivity contribution in [3.05, 3.63) is 42.2 Å². The quantitative estimate of drug-likeness (QED) is 0.719. The highest BCUT2D eigenvalue weighted by atomic mass is 16.5. The van der Waals surface area contributed by atoms with Crippen molar-refractivity contribution in [1.29, 1.82) is 0 Å². The molecule has 1 aliphatic rings. The molecule has 1 saturated heterocycles. The minimum Gasteiger partial charge on any atom is -0.496 e. The van der Waals surface area contributed by atoms with Gasteiger partial charge < -0.3 is 20.5 Å². The van der Waals surface area contributed by atoms with E-state index in [1.807, 2.05) is 0 Å². The van der Waals surface area contributed by atoms with E-state index in [0.29, 0.717) is 47.0 Å². The normalized spacial score (nSPS) is 19.7. The first-order chi connectivity index (χ1) is 12.9. The molecule has 1 amide bonds. The summed E-state index contributed by atoms with van der Waals surface area (Å²) in [5.41, 5.74) is 5.95. The van der Waals surface area contributed by atoms with E-state index < -0.39 is 5.60 Å². The van der Waals surface area contributed by atoms with Crippen LogP contribution in [0, 0.1) is 0 Å². The first kappa shape index (κ1) is 17.2. The number of ether oxygens (including phenoxy) is 1. The number of nitrogen functional groups attached to an aromatic ring is 1. The lowest BCUT2D eigenvalue weighted by molar-refractivity contribution is -0.143. The van der Waals surface area contributed by atoms with E-state index in [9.17, 15) is 9.90 Å². The second kappa shape index (κ2) is 6.17. The van der Waals surface area contributed by atoms with E-state index in [0.717, 1.165) is 5.39 Å². The molecule has 0 unspecified atom stereocenters. The molecule has 0 spiro atoms. The summed E-state index contributed by atoms with van der Waals surface area (Å²) in [5.74, 6) is 0.884. The minimum absolute atomic E-state index is 0.303. The number of amides is 1. The number of aliphatic hydroxyl groups is 1. The number of methoxy groups -OCH3 is 1. The SMILES string of the molecule is COc1ccc([C@@]2(O)CCN(C)C2=O)cc1-c1ncc2ccnc(N)c2n1. The van der Waals surface area contributed by atoms with E-state index >= 15 is 0 Å². The Kier molecular flexibility index (Phi) is 3.92. The first-order valence-corrected chi connectivity index (χ1v) is 8.48. The highest BCUT2D eigenvalue weighted by molar-refractivity contribution is 5.90. The van der Waals surface area contributed by atoms with Crippen LogP contribution in [0.3, 0.4) is 0 Å². The number of rotatable bonds is 3. The molecular formula is C19H19N5O3. The Balaban J connectivity index is 1.88. The number of hydrogen-bond donors (Lipinski definition) is 2. The number of carbonyl (C=O) groups excluding carboxylic acids is 1. The number of carbonyl (C=O) groups is 1. The molecule has 1 fully saturated rings. The van der Waals surface area contributed by atoms with Gasteiger partial charge in [-0.3, -0.25) is 4.79 Å². The number of nitrogens with two attached hydrogens (primary N) is 1. The van der Waals surface area contributed by atoms with Gasteiger partial charge >= 0.3 is 0 Å². The summed E-state index contributed by atoms with van der Waals surface area (Å²) in [6, 6.07) is 6.87. The highest BCUT2D eigenvalue weighted by Gasteiger charge is 2.45. The van der Waals surface area contributed by atoms with Crippen LogP contribution >= 0.6 is 0 Å². The molecule has 0 radical (unpaired) electrons. The van der Waals surface area contributed by atoms with Gasteiger partial charge in [-0.25, -0.2) is 15.0 Å². The van der Waals surface area contributed by atoms with Crippen LogP contribution in [0.15, 0.2) is 36.7 Å². The Labute approximate surface area is 155 Å². The Hall–Kier alpha value is -3.26. The molecule has 3 aromatic rings. The lowest BCUT2D eigenvalue weighted by atomic mass is 9.90. The van der Waals surface area contributed by atoms with Gasteiger partial charge in [-0.1, -0.05) is 6.07 Å². The number of benzene rings is 1.